The minimum atomic E-state index is -3.37. The van der Waals surface area contributed by atoms with Crippen LogP contribution in [0.1, 0.15) is 18.4 Å². The number of carbonyl (C=O) groups is 1. The van der Waals surface area contributed by atoms with Gasteiger partial charge in [0.15, 0.2) is 0 Å². The molecule has 0 saturated carbocycles. The van der Waals surface area contributed by atoms with Gasteiger partial charge in [0, 0.05) is 25.4 Å². The van der Waals surface area contributed by atoms with Gasteiger partial charge in [0.25, 0.3) is 0 Å². The Morgan fingerprint density at radius 1 is 1.26 bits per heavy atom. The first-order valence-electron chi connectivity index (χ1n) is 7.58. The maximum absolute atomic E-state index is 12.4. The summed E-state index contributed by atoms with van der Waals surface area (Å²) in [5.74, 6) is 1.11. The van der Waals surface area contributed by atoms with Crippen molar-refractivity contribution >= 4 is 27.7 Å². The average molecular weight is 354 g/mol. The van der Waals surface area contributed by atoms with Gasteiger partial charge in [-0.05, 0) is 30.5 Å². The van der Waals surface area contributed by atoms with Crippen molar-refractivity contribution in [3.63, 3.8) is 0 Å². The molecule has 1 amide bonds. The third-order valence-electron chi connectivity index (χ3n) is 3.58. The molecule has 0 unspecified atom stereocenters. The van der Waals surface area contributed by atoms with Gasteiger partial charge in [-0.15, -0.1) is 18.3 Å². The van der Waals surface area contributed by atoms with Crippen LogP contribution in [-0.4, -0.2) is 43.2 Å². The van der Waals surface area contributed by atoms with E-state index in [1.165, 1.54) is 16.1 Å². The van der Waals surface area contributed by atoms with Crippen molar-refractivity contribution < 1.29 is 13.2 Å². The zero-order chi connectivity index (χ0) is 16.7. The number of benzene rings is 1. The van der Waals surface area contributed by atoms with Crippen LogP contribution in [0.15, 0.2) is 41.8 Å². The van der Waals surface area contributed by atoms with Crippen molar-refractivity contribution in [2.75, 3.05) is 24.6 Å². The van der Waals surface area contributed by atoms with Gasteiger partial charge in [0.1, 0.15) is 0 Å². The molecule has 126 valence electrons. The Balaban J connectivity index is 1.89. The van der Waals surface area contributed by atoms with Crippen LogP contribution in [-0.2, 0) is 21.4 Å². The molecular formula is C16H22N2O3S2. The molecule has 1 saturated heterocycles. The minimum absolute atomic E-state index is 0.0365. The quantitative estimate of drug-likeness (QED) is 0.573. The highest BCUT2D eigenvalue weighted by Gasteiger charge is 2.26. The lowest BCUT2D eigenvalue weighted by Gasteiger charge is -2.15. The second kappa shape index (κ2) is 8.52. The largest absolute Gasteiger partial charge is 0.351 e. The lowest BCUT2D eigenvalue weighted by Crippen LogP contribution is -2.28. The Bertz CT molecular complexity index is 636. The van der Waals surface area contributed by atoms with Crippen molar-refractivity contribution in [1.82, 2.24) is 9.62 Å². The Morgan fingerprint density at radius 3 is 2.52 bits per heavy atom. The molecule has 1 fully saturated rings. The summed E-state index contributed by atoms with van der Waals surface area (Å²) in [6, 6.07) is 6.73. The summed E-state index contributed by atoms with van der Waals surface area (Å²) in [5.41, 5.74) is 0.882. The molecule has 1 aromatic rings. The molecule has 1 aliphatic heterocycles. The Labute approximate surface area is 142 Å². The molecule has 0 atom stereocenters. The predicted octanol–water partition coefficient (Wildman–Crippen LogP) is 2.01. The summed E-state index contributed by atoms with van der Waals surface area (Å²) < 4.78 is 26.3. The van der Waals surface area contributed by atoms with Crippen molar-refractivity contribution in [2.24, 2.45) is 0 Å². The predicted molar refractivity (Wildman–Crippen MR) is 93.8 cm³/mol. The van der Waals surface area contributed by atoms with Gasteiger partial charge in [-0.2, -0.15) is 4.31 Å². The van der Waals surface area contributed by atoms with Crippen molar-refractivity contribution in [3.05, 3.63) is 42.5 Å². The van der Waals surface area contributed by atoms with E-state index in [2.05, 4.69) is 11.9 Å². The lowest BCUT2D eigenvalue weighted by molar-refractivity contribution is -0.118. The van der Waals surface area contributed by atoms with E-state index >= 15 is 0 Å². The highest BCUT2D eigenvalue weighted by atomic mass is 32.2. The van der Waals surface area contributed by atoms with Crippen LogP contribution in [0.25, 0.3) is 0 Å². The molecule has 0 aromatic heterocycles. The van der Waals surface area contributed by atoms with Crippen molar-refractivity contribution in [3.8, 4) is 0 Å². The molecule has 0 bridgehead atoms. The van der Waals surface area contributed by atoms with Crippen LogP contribution in [0.5, 0.6) is 0 Å². The van der Waals surface area contributed by atoms with Crippen LogP contribution in [0.2, 0.25) is 0 Å². The third-order valence-corrected chi connectivity index (χ3v) is 6.44. The van der Waals surface area contributed by atoms with Gasteiger partial charge >= 0.3 is 0 Å². The molecule has 5 nitrogen and oxygen atoms in total. The molecule has 1 N–H and O–H groups in total. The van der Waals surface area contributed by atoms with Crippen LogP contribution in [0.4, 0.5) is 0 Å². The van der Waals surface area contributed by atoms with Crippen LogP contribution >= 0.6 is 11.8 Å². The average Bonchev–Trinajstić information content (AvgIpc) is 3.09. The topological polar surface area (TPSA) is 66.5 Å². The summed E-state index contributed by atoms with van der Waals surface area (Å²) in [5, 5.41) is 2.82. The number of hydrogen-bond acceptors (Lipinski definition) is 4. The molecule has 1 aliphatic rings. The number of thioether (sulfide) groups is 1. The van der Waals surface area contributed by atoms with E-state index in [9.17, 15) is 13.2 Å². The molecule has 1 heterocycles. The minimum Gasteiger partial charge on any atom is -0.351 e. The van der Waals surface area contributed by atoms with Gasteiger partial charge in [-0.3, -0.25) is 4.79 Å². The molecule has 23 heavy (non-hydrogen) atoms. The van der Waals surface area contributed by atoms with Crippen molar-refractivity contribution in [2.45, 2.75) is 24.3 Å². The molecule has 0 spiro atoms. The van der Waals surface area contributed by atoms with E-state index in [-0.39, 0.29) is 5.91 Å². The number of carbonyl (C=O) groups excluding carboxylic acids is 1. The fourth-order valence-corrected chi connectivity index (χ4v) is 4.43. The van der Waals surface area contributed by atoms with E-state index in [0.717, 1.165) is 24.2 Å². The maximum Gasteiger partial charge on any atom is 0.243 e. The van der Waals surface area contributed by atoms with E-state index in [1.807, 2.05) is 0 Å². The van der Waals surface area contributed by atoms with E-state index in [0.29, 0.717) is 30.3 Å². The van der Waals surface area contributed by atoms with E-state index < -0.39 is 10.0 Å². The maximum atomic E-state index is 12.4. The fraction of sp³-hybridized carbons (Fsp3) is 0.438. The highest BCUT2D eigenvalue weighted by molar-refractivity contribution is 8.00. The number of nitrogens with zero attached hydrogens (tertiary/aromatic N) is 1. The first-order valence-corrected chi connectivity index (χ1v) is 10.2. The van der Waals surface area contributed by atoms with E-state index in [1.54, 1.807) is 30.3 Å². The van der Waals surface area contributed by atoms with Gasteiger partial charge in [0.2, 0.25) is 15.9 Å². The van der Waals surface area contributed by atoms with E-state index in [4.69, 9.17) is 0 Å². The fourth-order valence-electron chi connectivity index (χ4n) is 2.34. The number of amides is 1. The summed E-state index contributed by atoms with van der Waals surface area (Å²) in [6.07, 6.45) is 3.61. The lowest BCUT2D eigenvalue weighted by atomic mass is 10.2. The summed E-state index contributed by atoms with van der Waals surface area (Å²) >= 11 is 1.50. The molecule has 2 rings (SSSR count). The second-order valence-electron chi connectivity index (χ2n) is 5.34. The van der Waals surface area contributed by atoms with Gasteiger partial charge in [-0.1, -0.05) is 18.2 Å². The number of rotatable bonds is 8. The third kappa shape index (κ3) is 5.09. The second-order valence-corrected chi connectivity index (χ2v) is 8.30. The number of nitrogens with one attached hydrogen (secondary N) is 1. The normalized spacial score (nSPS) is 15.5. The number of hydrogen-bond donors (Lipinski definition) is 1. The summed E-state index contributed by atoms with van der Waals surface area (Å²) in [7, 11) is -3.37. The first kappa shape index (κ1) is 18.0. The van der Waals surface area contributed by atoms with Gasteiger partial charge in [-0.25, -0.2) is 8.42 Å². The zero-order valence-corrected chi connectivity index (χ0v) is 14.7. The molecular weight excluding hydrogens is 332 g/mol. The van der Waals surface area contributed by atoms with Crippen LogP contribution < -0.4 is 5.32 Å². The zero-order valence-electron chi connectivity index (χ0n) is 13.0. The van der Waals surface area contributed by atoms with Crippen molar-refractivity contribution in [1.29, 1.82) is 0 Å². The smallest absolute Gasteiger partial charge is 0.243 e. The SMILES string of the molecule is C=CCSCC(=O)NCc1ccc(S(=O)(=O)N2CCCC2)cc1. The standard InChI is InChI=1S/C16H22N2O3S2/c1-2-11-22-13-16(19)17-12-14-5-7-15(8-6-14)23(20,21)18-9-3-4-10-18/h2,5-8H,1,3-4,9-13H2,(H,17,19). The molecule has 7 heteroatoms. The summed E-state index contributed by atoms with van der Waals surface area (Å²) in [6.45, 7) is 5.20. The van der Waals surface area contributed by atoms with Crippen LogP contribution in [0.3, 0.4) is 0 Å². The Morgan fingerprint density at radius 2 is 1.91 bits per heavy atom. The Hall–Kier alpha value is -1.31. The molecule has 1 aromatic carbocycles. The molecule has 0 radical (unpaired) electrons. The van der Waals surface area contributed by atoms with Crippen LogP contribution in [0, 0.1) is 0 Å². The van der Waals surface area contributed by atoms with Gasteiger partial charge in [0.05, 0.1) is 10.6 Å². The Kier molecular flexibility index (Phi) is 6.68. The number of sulfonamides is 1. The molecule has 0 aliphatic carbocycles. The highest BCUT2D eigenvalue weighted by Crippen LogP contribution is 2.21. The summed E-state index contributed by atoms with van der Waals surface area (Å²) in [4.78, 5) is 11.9. The monoisotopic (exact) mass is 354 g/mol. The van der Waals surface area contributed by atoms with Gasteiger partial charge < -0.3 is 5.32 Å². The first-order chi connectivity index (χ1) is 11.0.